The van der Waals surface area contributed by atoms with Crippen molar-refractivity contribution in [2.75, 3.05) is 11.9 Å². The zero-order valence-corrected chi connectivity index (χ0v) is 20.7. The average molecular weight is 524 g/mol. The molecule has 184 valence electrons. The van der Waals surface area contributed by atoms with Gasteiger partial charge in [0.2, 0.25) is 17.7 Å². The van der Waals surface area contributed by atoms with Gasteiger partial charge in [-0.15, -0.1) is 0 Å². The van der Waals surface area contributed by atoms with Crippen molar-refractivity contribution in [3.8, 4) is 0 Å². The van der Waals surface area contributed by atoms with Gasteiger partial charge in [-0.3, -0.25) is 29.1 Å². The molecule has 0 radical (unpaired) electrons. The van der Waals surface area contributed by atoms with Crippen molar-refractivity contribution >= 4 is 52.5 Å². The molecule has 1 fully saturated rings. The fourth-order valence-corrected chi connectivity index (χ4v) is 7.18. The second-order valence-corrected chi connectivity index (χ2v) is 10.4. The van der Waals surface area contributed by atoms with Crippen LogP contribution in [0.1, 0.15) is 33.6 Å². The van der Waals surface area contributed by atoms with E-state index in [1.54, 1.807) is 31.2 Å². The molecule has 0 bridgehead atoms. The number of esters is 1. The van der Waals surface area contributed by atoms with Crippen LogP contribution in [0.2, 0.25) is 0 Å². The predicted octanol–water partition coefficient (Wildman–Crippen LogP) is 2.60. The quantitative estimate of drug-likeness (QED) is 0.376. The highest BCUT2D eigenvalue weighted by molar-refractivity contribution is 8.00. The minimum absolute atomic E-state index is 0.258. The van der Waals surface area contributed by atoms with Crippen LogP contribution in [0.5, 0.6) is 0 Å². The summed E-state index contributed by atoms with van der Waals surface area (Å²) in [6.07, 6.45) is 0. The number of aromatic nitrogens is 1. The molecule has 0 spiro atoms. The van der Waals surface area contributed by atoms with Crippen molar-refractivity contribution in [1.29, 1.82) is 0 Å². The summed E-state index contributed by atoms with van der Waals surface area (Å²) < 4.78 is 6.31. The number of imide groups is 1. The third-order valence-electron chi connectivity index (χ3n) is 6.03. The molecular formula is C25H21N3O6S2. The van der Waals surface area contributed by atoms with Crippen molar-refractivity contribution in [3.05, 3.63) is 80.3 Å². The highest BCUT2D eigenvalue weighted by Gasteiger charge is 2.52. The van der Waals surface area contributed by atoms with Crippen LogP contribution in [0.4, 0.5) is 5.69 Å². The van der Waals surface area contributed by atoms with Crippen molar-refractivity contribution in [2.45, 2.75) is 29.7 Å². The van der Waals surface area contributed by atoms with Crippen molar-refractivity contribution in [1.82, 2.24) is 9.88 Å². The molecule has 3 aromatic rings. The third kappa shape index (κ3) is 4.35. The number of benzene rings is 2. The monoisotopic (exact) mass is 523 g/mol. The maximum Gasteiger partial charge on any atom is 0.338 e. The molecule has 3 amide bonds. The Morgan fingerprint density at radius 2 is 1.75 bits per heavy atom. The fraction of sp³-hybridized carbons (Fsp3) is 0.240. The van der Waals surface area contributed by atoms with E-state index >= 15 is 0 Å². The molecule has 3 heterocycles. The SMILES string of the molecule is CCOC(=O)c1ccc(NC(=O)Cn2c3c(sc2=O)[C@@H](c2ccccc2)[C@H]2C(=O)NC(=O)[C@H]2S3)cc1. The Bertz CT molecular complexity index is 1410. The molecule has 36 heavy (non-hydrogen) atoms. The summed E-state index contributed by atoms with van der Waals surface area (Å²) in [5.41, 5.74) is 1.65. The zero-order chi connectivity index (χ0) is 25.4. The molecule has 0 saturated carbocycles. The molecule has 9 nitrogen and oxygen atoms in total. The number of carbonyl (C=O) groups is 4. The number of thiazole rings is 1. The van der Waals surface area contributed by atoms with E-state index in [0.717, 1.165) is 28.7 Å². The molecular weight excluding hydrogens is 502 g/mol. The molecule has 2 N–H and O–H groups in total. The first-order chi connectivity index (χ1) is 17.4. The standard InChI is InChI=1S/C25H21N3O6S2/c1-2-34-24(32)14-8-10-15(11-9-14)26-16(29)12-28-23-20(36-25(28)33)17(13-6-4-3-5-7-13)18-19(35-23)22(31)27-21(18)30/h3-11,17-19H,2,12H2,1H3,(H,26,29)(H,27,30,31)/t17-,18+,19-/m0/s1. The van der Waals surface area contributed by atoms with E-state index in [2.05, 4.69) is 10.6 Å². The Labute approximate surface area is 213 Å². The van der Waals surface area contributed by atoms with E-state index in [0.29, 0.717) is 21.2 Å². The first-order valence-electron chi connectivity index (χ1n) is 11.2. The minimum Gasteiger partial charge on any atom is -0.462 e. The molecule has 1 saturated heterocycles. The molecule has 2 aromatic carbocycles. The summed E-state index contributed by atoms with van der Waals surface area (Å²) in [6.45, 7) is 1.72. The van der Waals surface area contributed by atoms with Gasteiger partial charge in [-0.05, 0) is 36.8 Å². The third-order valence-corrected chi connectivity index (χ3v) is 8.64. The van der Waals surface area contributed by atoms with Gasteiger partial charge in [-0.2, -0.15) is 0 Å². The number of hydrogen-bond acceptors (Lipinski definition) is 8. The van der Waals surface area contributed by atoms with Crippen LogP contribution in [0.15, 0.2) is 64.4 Å². The molecule has 0 aliphatic carbocycles. The van der Waals surface area contributed by atoms with E-state index in [1.807, 2.05) is 30.3 Å². The van der Waals surface area contributed by atoms with Gasteiger partial charge < -0.3 is 10.1 Å². The maximum atomic E-state index is 13.0. The number of fused-ring (bicyclic) bond motifs is 2. The van der Waals surface area contributed by atoms with Gasteiger partial charge in [0.05, 0.1) is 23.1 Å². The van der Waals surface area contributed by atoms with Crippen LogP contribution in [-0.2, 0) is 25.7 Å². The summed E-state index contributed by atoms with van der Waals surface area (Å²) in [6, 6.07) is 15.5. The van der Waals surface area contributed by atoms with E-state index in [-0.39, 0.29) is 23.9 Å². The van der Waals surface area contributed by atoms with Crippen molar-refractivity contribution in [2.24, 2.45) is 5.92 Å². The van der Waals surface area contributed by atoms with Gasteiger partial charge in [0.1, 0.15) is 11.8 Å². The Morgan fingerprint density at radius 1 is 1.03 bits per heavy atom. The topological polar surface area (TPSA) is 124 Å². The van der Waals surface area contributed by atoms with E-state index in [1.165, 1.54) is 4.57 Å². The predicted molar refractivity (Wildman–Crippen MR) is 134 cm³/mol. The Kier molecular flexibility index (Phi) is 6.50. The number of amides is 3. The molecule has 5 rings (SSSR count). The number of anilines is 1. The number of thioether (sulfide) groups is 1. The van der Waals surface area contributed by atoms with Gasteiger partial charge >= 0.3 is 10.8 Å². The highest BCUT2D eigenvalue weighted by Crippen LogP contribution is 2.51. The average Bonchev–Trinajstić information content (AvgIpc) is 3.33. The van der Waals surface area contributed by atoms with Crippen molar-refractivity contribution in [3.63, 3.8) is 0 Å². The van der Waals surface area contributed by atoms with Crippen molar-refractivity contribution < 1.29 is 23.9 Å². The second-order valence-electron chi connectivity index (χ2n) is 8.28. The number of hydrogen-bond donors (Lipinski definition) is 2. The summed E-state index contributed by atoms with van der Waals surface area (Å²) in [7, 11) is 0. The van der Waals surface area contributed by atoms with Gasteiger partial charge in [0.15, 0.2) is 0 Å². The Balaban J connectivity index is 1.42. The number of ether oxygens (including phenoxy) is 1. The summed E-state index contributed by atoms with van der Waals surface area (Å²) in [5, 5.41) is 4.99. The van der Waals surface area contributed by atoms with Crippen LogP contribution in [-0.4, -0.2) is 40.1 Å². The molecule has 11 heteroatoms. The number of nitrogens with one attached hydrogen (secondary N) is 2. The molecule has 3 atom stereocenters. The smallest absolute Gasteiger partial charge is 0.338 e. The number of carbonyl (C=O) groups excluding carboxylic acids is 4. The highest BCUT2D eigenvalue weighted by atomic mass is 32.2. The number of rotatable bonds is 6. The van der Waals surface area contributed by atoms with Gasteiger partial charge in [-0.25, -0.2) is 4.79 Å². The molecule has 2 aliphatic rings. The summed E-state index contributed by atoms with van der Waals surface area (Å²) in [5.74, 6) is -2.73. The van der Waals surface area contributed by atoms with Gasteiger partial charge in [0, 0.05) is 16.5 Å². The second kappa shape index (κ2) is 9.75. The normalized spacial score (nSPS) is 20.3. The van der Waals surface area contributed by atoms with Crippen LogP contribution < -0.4 is 15.5 Å². The zero-order valence-electron chi connectivity index (χ0n) is 19.1. The van der Waals surface area contributed by atoms with Crippen LogP contribution in [0.25, 0.3) is 0 Å². The maximum absolute atomic E-state index is 13.0. The number of nitrogens with zero attached hydrogens (tertiary/aromatic N) is 1. The summed E-state index contributed by atoms with van der Waals surface area (Å²) >= 11 is 2.15. The lowest BCUT2D eigenvalue weighted by Gasteiger charge is -2.30. The molecule has 1 aromatic heterocycles. The van der Waals surface area contributed by atoms with Gasteiger partial charge in [0.25, 0.3) is 0 Å². The van der Waals surface area contributed by atoms with E-state index in [9.17, 15) is 24.0 Å². The van der Waals surface area contributed by atoms with Crippen LogP contribution in [0.3, 0.4) is 0 Å². The lowest BCUT2D eigenvalue weighted by molar-refractivity contribution is -0.126. The lowest BCUT2D eigenvalue weighted by atomic mass is 9.83. The Morgan fingerprint density at radius 3 is 2.44 bits per heavy atom. The Hall–Kier alpha value is -3.70. The van der Waals surface area contributed by atoms with E-state index < -0.39 is 34.9 Å². The first-order valence-corrected chi connectivity index (χ1v) is 12.9. The first kappa shape index (κ1) is 24.0. The largest absolute Gasteiger partial charge is 0.462 e. The summed E-state index contributed by atoms with van der Waals surface area (Å²) in [4.78, 5) is 63.2. The van der Waals surface area contributed by atoms with Crippen LogP contribution >= 0.6 is 23.1 Å². The van der Waals surface area contributed by atoms with Gasteiger partial charge in [-0.1, -0.05) is 53.4 Å². The fourth-order valence-electron chi connectivity index (χ4n) is 4.44. The van der Waals surface area contributed by atoms with E-state index in [4.69, 9.17) is 4.74 Å². The molecule has 2 aliphatic heterocycles. The van der Waals surface area contributed by atoms with Crippen LogP contribution in [0, 0.1) is 5.92 Å². The minimum atomic E-state index is -0.686. The lowest BCUT2D eigenvalue weighted by Crippen LogP contribution is -2.32. The molecule has 0 unspecified atom stereocenters.